The molecule has 1 aliphatic rings. The van der Waals surface area contributed by atoms with Crippen LogP contribution in [0.2, 0.25) is 0 Å². The smallest absolute Gasteiger partial charge is 0.349 e. The van der Waals surface area contributed by atoms with Gasteiger partial charge in [-0.05, 0) is 57.2 Å². The van der Waals surface area contributed by atoms with E-state index in [1.165, 1.54) is 32.3 Å². The van der Waals surface area contributed by atoms with Crippen LogP contribution in [-0.4, -0.2) is 42.8 Å². The highest BCUT2D eigenvalue weighted by atomic mass is 16.5. The van der Waals surface area contributed by atoms with Gasteiger partial charge in [0, 0.05) is 31.6 Å². The van der Waals surface area contributed by atoms with Crippen molar-refractivity contribution in [1.29, 1.82) is 5.26 Å². The molecule has 1 fully saturated rings. The second kappa shape index (κ2) is 11.6. The Labute approximate surface area is 179 Å². The van der Waals surface area contributed by atoms with Crippen molar-refractivity contribution in [3.63, 3.8) is 0 Å². The minimum atomic E-state index is -0.952. The Morgan fingerprint density at radius 2 is 2.03 bits per heavy atom. The molecule has 164 valence electrons. The first kappa shape index (κ1) is 23.7. The summed E-state index contributed by atoms with van der Waals surface area (Å²) < 4.78 is 12.4. The maximum absolute atomic E-state index is 12.5. The molecule has 0 unspecified atom stereocenters. The largest absolute Gasteiger partial charge is 0.448 e. The van der Waals surface area contributed by atoms with Crippen molar-refractivity contribution < 1.29 is 19.1 Å². The molecule has 7 nitrogen and oxygen atoms in total. The molecule has 1 aromatic heterocycles. The van der Waals surface area contributed by atoms with Gasteiger partial charge < -0.3 is 19.4 Å². The van der Waals surface area contributed by atoms with Gasteiger partial charge in [-0.15, -0.1) is 0 Å². The molecule has 0 aromatic carbocycles. The van der Waals surface area contributed by atoms with E-state index in [-0.39, 0.29) is 11.5 Å². The molecule has 0 aliphatic heterocycles. The summed E-state index contributed by atoms with van der Waals surface area (Å²) in [5.74, 6) is -0.628. The van der Waals surface area contributed by atoms with Crippen LogP contribution in [0.5, 0.6) is 0 Å². The molecule has 1 N–H and O–H groups in total. The highest BCUT2D eigenvalue weighted by Crippen LogP contribution is 2.23. The third-order valence-electron chi connectivity index (χ3n) is 5.71. The van der Waals surface area contributed by atoms with Crippen molar-refractivity contribution in [3.05, 3.63) is 28.6 Å². The Hall–Kier alpha value is -2.59. The Balaban J connectivity index is 1.98. The van der Waals surface area contributed by atoms with Crippen molar-refractivity contribution in [1.82, 2.24) is 9.88 Å². The van der Waals surface area contributed by atoms with Gasteiger partial charge in [0.15, 0.2) is 6.10 Å². The average Bonchev–Trinajstić information content (AvgIpc) is 3.01. The second-order valence-electron chi connectivity index (χ2n) is 7.94. The summed E-state index contributed by atoms with van der Waals surface area (Å²) in [6.45, 7) is 7.28. The van der Waals surface area contributed by atoms with Gasteiger partial charge in [-0.2, -0.15) is 5.26 Å². The number of nitrogens with zero attached hydrogens (tertiary/aromatic N) is 2. The Bertz CT molecular complexity index is 813. The van der Waals surface area contributed by atoms with E-state index in [2.05, 4.69) is 9.88 Å². The molecule has 1 saturated carbocycles. The van der Waals surface area contributed by atoms with E-state index in [9.17, 15) is 14.9 Å². The van der Waals surface area contributed by atoms with Crippen molar-refractivity contribution in [3.8, 4) is 6.07 Å². The zero-order chi connectivity index (χ0) is 22.1. The van der Waals surface area contributed by atoms with Crippen molar-refractivity contribution in [2.75, 3.05) is 20.3 Å². The third kappa shape index (κ3) is 6.46. The van der Waals surface area contributed by atoms with Gasteiger partial charge in [0.2, 0.25) is 0 Å². The maximum Gasteiger partial charge on any atom is 0.349 e. The third-order valence-corrected chi connectivity index (χ3v) is 5.71. The quantitative estimate of drug-likeness (QED) is 0.379. The van der Waals surface area contributed by atoms with Gasteiger partial charge in [0.25, 0.3) is 5.91 Å². The molecule has 1 aromatic rings. The number of carbonyl (C=O) groups is 2. The molecule has 2 rings (SSSR count). The van der Waals surface area contributed by atoms with Crippen molar-refractivity contribution >= 4 is 18.0 Å². The molecular formula is C23H33N3O4. The number of methoxy groups -OCH3 is 1. The number of amides is 1. The first-order valence-corrected chi connectivity index (χ1v) is 10.6. The Kier molecular flexibility index (Phi) is 9.13. The van der Waals surface area contributed by atoms with Crippen LogP contribution < -0.4 is 5.32 Å². The number of carbonyl (C=O) groups excluding carboxylic acids is 2. The summed E-state index contributed by atoms with van der Waals surface area (Å²) in [7, 11) is 1.64. The number of aryl methyl sites for hydroxylation is 1. The van der Waals surface area contributed by atoms with Gasteiger partial charge in [0.05, 0.1) is 6.61 Å². The summed E-state index contributed by atoms with van der Waals surface area (Å²) in [6, 6.07) is 3.81. The van der Waals surface area contributed by atoms with Crippen LogP contribution in [0.3, 0.4) is 0 Å². The summed E-state index contributed by atoms with van der Waals surface area (Å²) in [5, 5.41) is 12.3. The zero-order valence-corrected chi connectivity index (χ0v) is 18.5. The highest BCUT2D eigenvalue weighted by molar-refractivity contribution is 5.99. The van der Waals surface area contributed by atoms with Crippen LogP contribution in [0, 0.1) is 31.1 Å². The Morgan fingerprint density at radius 1 is 1.33 bits per heavy atom. The van der Waals surface area contributed by atoms with E-state index in [0.717, 1.165) is 29.8 Å². The minimum absolute atomic E-state index is 0.131. The topological polar surface area (TPSA) is 93.3 Å². The van der Waals surface area contributed by atoms with E-state index >= 15 is 0 Å². The van der Waals surface area contributed by atoms with Crippen molar-refractivity contribution in [2.45, 2.75) is 65.5 Å². The van der Waals surface area contributed by atoms with Crippen LogP contribution >= 0.6 is 0 Å². The first-order chi connectivity index (χ1) is 14.4. The predicted molar refractivity (Wildman–Crippen MR) is 115 cm³/mol. The molecule has 0 saturated heterocycles. The molecule has 7 heteroatoms. The zero-order valence-electron chi connectivity index (χ0n) is 18.5. The van der Waals surface area contributed by atoms with Crippen LogP contribution in [0.1, 0.15) is 56.0 Å². The lowest BCUT2D eigenvalue weighted by atomic mass is 9.89. The van der Waals surface area contributed by atoms with Crippen LogP contribution in [0.4, 0.5) is 0 Å². The fourth-order valence-corrected chi connectivity index (χ4v) is 3.85. The summed E-state index contributed by atoms with van der Waals surface area (Å²) in [5.41, 5.74) is 2.58. The van der Waals surface area contributed by atoms with Gasteiger partial charge in [0.1, 0.15) is 11.6 Å². The lowest BCUT2D eigenvalue weighted by Gasteiger charge is -2.22. The van der Waals surface area contributed by atoms with Crippen LogP contribution in [-0.2, 0) is 25.6 Å². The molecule has 1 amide bonds. The fraction of sp³-hybridized carbons (Fsp3) is 0.609. The number of aromatic nitrogens is 1. The molecule has 1 heterocycles. The fourth-order valence-electron chi connectivity index (χ4n) is 3.85. The summed E-state index contributed by atoms with van der Waals surface area (Å²) in [6.07, 6.45) is 6.47. The van der Waals surface area contributed by atoms with Crippen molar-refractivity contribution in [2.24, 2.45) is 5.92 Å². The summed E-state index contributed by atoms with van der Waals surface area (Å²) >= 11 is 0. The monoisotopic (exact) mass is 415 g/mol. The van der Waals surface area contributed by atoms with E-state index in [0.29, 0.717) is 25.6 Å². The Morgan fingerprint density at radius 3 is 2.67 bits per heavy atom. The van der Waals surface area contributed by atoms with Crippen LogP contribution in [0.15, 0.2) is 11.6 Å². The van der Waals surface area contributed by atoms with E-state index in [1.807, 2.05) is 26.0 Å². The van der Waals surface area contributed by atoms with Gasteiger partial charge in [-0.3, -0.25) is 4.79 Å². The number of hydrogen-bond acceptors (Lipinski definition) is 5. The average molecular weight is 416 g/mol. The number of rotatable bonds is 9. The van der Waals surface area contributed by atoms with Gasteiger partial charge in [-0.1, -0.05) is 19.3 Å². The molecule has 0 radical (unpaired) electrons. The molecule has 0 bridgehead atoms. The number of esters is 1. The number of hydrogen-bond donors (Lipinski definition) is 1. The molecule has 30 heavy (non-hydrogen) atoms. The normalized spacial score (nSPS) is 16.0. The SMILES string of the molecule is COCCn1c(C)cc(/C=C(\C#N)C(=O)O[C@@H](C)C(=O)NCC2CCCCC2)c1C. The van der Waals surface area contributed by atoms with Gasteiger partial charge in [-0.25, -0.2) is 4.79 Å². The van der Waals surface area contributed by atoms with Crippen LogP contribution in [0.25, 0.3) is 6.08 Å². The summed E-state index contributed by atoms with van der Waals surface area (Å²) in [4.78, 5) is 24.7. The maximum atomic E-state index is 12.5. The lowest BCUT2D eigenvalue weighted by molar-refractivity contribution is -0.150. The number of ether oxygens (including phenoxy) is 2. The first-order valence-electron chi connectivity index (χ1n) is 10.6. The molecule has 0 spiro atoms. The molecule has 1 aliphatic carbocycles. The highest BCUT2D eigenvalue weighted by Gasteiger charge is 2.22. The second-order valence-corrected chi connectivity index (χ2v) is 7.94. The van der Waals surface area contributed by atoms with Gasteiger partial charge >= 0.3 is 5.97 Å². The molecular weight excluding hydrogens is 382 g/mol. The number of nitrogens with one attached hydrogen (secondary N) is 1. The molecule has 1 atom stereocenters. The van der Waals surface area contributed by atoms with E-state index in [4.69, 9.17) is 9.47 Å². The lowest BCUT2D eigenvalue weighted by Crippen LogP contribution is -2.38. The van der Waals surface area contributed by atoms with E-state index in [1.54, 1.807) is 7.11 Å². The van der Waals surface area contributed by atoms with E-state index < -0.39 is 12.1 Å². The minimum Gasteiger partial charge on any atom is -0.448 e. The predicted octanol–water partition coefficient (Wildman–Crippen LogP) is 3.29. The standard InChI is InChI=1S/C23H33N3O4/c1-16-12-20(17(2)26(16)10-11-29-4)13-21(14-24)23(28)30-18(3)22(27)25-15-19-8-6-5-7-9-19/h12-13,18-19H,5-11,15H2,1-4H3,(H,25,27)/b21-13+/t18-/m0/s1. The number of nitriles is 1.